The highest BCUT2D eigenvalue weighted by atomic mass is 16.6. The van der Waals surface area contributed by atoms with Crippen molar-refractivity contribution in [3.63, 3.8) is 0 Å². The fourth-order valence-corrected chi connectivity index (χ4v) is 3.11. The third-order valence-electron chi connectivity index (χ3n) is 5.01. The minimum atomic E-state index is -0.784. The van der Waals surface area contributed by atoms with E-state index in [2.05, 4.69) is 10.2 Å². The van der Waals surface area contributed by atoms with E-state index in [1.54, 1.807) is 0 Å². The van der Waals surface area contributed by atoms with Gasteiger partial charge in [-0.25, -0.2) is 15.0 Å². The van der Waals surface area contributed by atoms with Crippen LogP contribution in [0.4, 0.5) is 15.3 Å². The number of methoxy groups -OCH3 is 2. The lowest BCUT2D eigenvalue weighted by atomic mass is 9.97. The molecular formula is C25H26N2O5. The van der Waals surface area contributed by atoms with Gasteiger partial charge in [0.05, 0.1) is 19.9 Å². The standard InChI is InChI=1S/C25H26N2O5/c1-17-14-22(23(15-18(17)2)27(25(29)31-4)26-24(28)30-3)20-12-10-19(11-13-20)16-32-21-8-6-5-7-9-21/h5-15H,16H2,1-4H3,(H,26,28). The Morgan fingerprint density at radius 3 is 2.16 bits per heavy atom. The molecule has 0 saturated heterocycles. The van der Waals surface area contributed by atoms with Gasteiger partial charge in [-0.05, 0) is 60.4 Å². The fraction of sp³-hybridized carbons (Fsp3) is 0.200. The Morgan fingerprint density at radius 2 is 1.53 bits per heavy atom. The van der Waals surface area contributed by atoms with Crippen LogP contribution in [-0.4, -0.2) is 26.4 Å². The van der Waals surface area contributed by atoms with E-state index in [1.807, 2.05) is 80.6 Å². The quantitative estimate of drug-likeness (QED) is 0.545. The summed E-state index contributed by atoms with van der Waals surface area (Å²) in [6, 6.07) is 21.2. The van der Waals surface area contributed by atoms with Gasteiger partial charge >= 0.3 is 12.2 Å². The van der Waals surface area contributed by atoms with Gasteiger partial charge in [-0.3, -0.25) is 0 Å². The first-order chi connectivity index (χ1) is 15.4. The number of benzene rings is 3. The summed E-state index contributed by atoms with van der Waals surface area (Å²) in [6.45, 7) is 4.35. The maximum atomic E-state index is 12.4. The molecule has 0 fully saturated rings. The maximum Gasteiger partial charge on any atom is 0.433 e. The van der Waals surface area contributed by atoms with Crippen LogP contribution in [0.25, 0.3) is 11.1 Å². The molecule has 3 aromatic rings. The van der Waals surface area contributed by atoms with E-state index in [1.165, 1.54) is 14.2 Å². The smallest absolute Gasteiger partial charge is 0.433 e. The number of carbonyl (C=O) groups excluding carboxylic acids is 2. The summed E-state index contributed by atoms with van der Waals surface area (Å²) >= 11 is 0. The van der Waals surface area contributed by atoms with Gasteiger partial charge in [-0.1, -0.05) is 42.5 Å². The van der Waals surface area contributed by atoms with Gasteiger partial charge in [0.1, 0.15) is 12.4 Å². The SMILES string of the molecule is COC(=O)NN(C(=O)OC)c1cc(C)c(C)cc1-c1ccc(COc2ccccc2)cc1. The molecule has 7 nitrogen and oxygen atoms in total. The Labute approximate surface area is 187 Å². The molecule has 0 radical (unpaired) electrons. The van der Waals surface area contributed by atoms with E-state index in [9.17, 15) is 9.59 Å². The van der Waals surface area contributed by atoms with Crippen LogP contribution < -0.4 is 15.2 Å². The van der Waals surface area contributed by atoms with Crippen molar-refractivity contribution in [2.24, 2.45) is 0 Å². The summed E-state index contributed by atoms with van der Waals surface area (Å²) in [6.07, 6.45) is -1.53. The van der Waals surface area contributed by atoms with Crippen molar-refractivity contribution in [1.29, 1.82) is 0 Å². The summed E-state index contributed by atoms with van der Waals surface area (Å²) in [5.41, 5.74) is 7.51. The number of hydrazine groups is 1. The minimum Gasteiger partial charge on any atom is -0.489 e. The number of hydrogen-bond acceptors (Lipinski definition) is 5. The summed E-state index contributed by atoms with van der Waals surface area (Å²) < 4.78 is 15.3. The van der Waals surface area contributed by atoms with Crippen LogP contribution in [0.5, 0.6) is 5.75 Å². The Bertz CT molecular complexity index is 1080. The van der Waals surface area contributed by atoms with Crippen molar-refractivity contribution in [2.75, 3.05) is 19.2 Å². The first-order valence-corrected chi connectivity index (χ1v) is 10.0. The number of nitrogens with one attached hydrogen (secondary N) is 1. The van der Waals surface area contributed by atoms with E-state index < -0.39 is 12.2 Å². The lowest BCUT2D eigenvalue weighted by molar-refractivity contribution is 0.157. The minimum absolute atomic E-state index is 0.433. The summed E-state index contributed by atoms with van der Waals surface area (Å²) in [5.74, 6) is 0.802. The average molecular weight is 434 g/mol. The predicted molar refractivity (Wildman–Crippen MR) is 123 cm³/mol. The van der Waals surface area contributed by atoms with Gasteiger partial charge in [-0.2, -0.15) is 5.01 Å². The summed E-state index contributed by atoms with van der Waals surface area (Å²) in [4.78, 5) is 24.3. The molecule has 0 bridgehead atoms. The number of carbonyl (C=O) groups is 2. The highest BCUT2D eigenvalue weighted by Crippen LogP contribution is 2.33. The molecule has 3 rings (SSSR count). The lowest BCUT2D eigenvalue weighted by Crippen LogP contribution is -2.46. The van der Waals surface area contributed by atoms with Crippen LogP contribution in [0.15, 0.2) is 66.7 Å². The Morgan fingerprint density at radius 1 is 0.875 bits per heavy atom. The monoisotopic (exact) mass is 434 g/mol. The highest BCUT2D eigenvalue weighted by Gasteiger charge is 2.23. The normalized spacial score (nSPS) is 10.2. The van der Waals surface area contributed by atoms with Crippen molar-refractivity contribution < 1.29 is 23.8 Å². The highest BCUT2D eigenvalue weighted by molar-refractivity contribution is 5.96. The van der Waals surface area contributed by atoms with Crippen LogP contribution in [0.3, 0.4) is 0 Å². The molecule has 0 heterocycles. The molecule has 0 spiro atoms. The zero-order valence-electron chi connectivity index (χ0n) is 18.5. The van der Waals surface area contributed by atoms with E-state index >= 15 is 0 Å². The van der Waals surface area contributed by atoms with Gasteiger partial charge in [0.15, 0.2) is 0 Å². The van der Waals surface area contributed by atoms with Crippen molar-refractivity contribution in [3.05, 3.63) is 83.4 Å². The molecule has 0 aromatic heterocycles. The van der Waals surface area contributed by atoms with Crippen LogP contribution in [0.2, 0.25) is 0 Å². The Kier molecular flexibility index (Phi) is 7.33. The predicted octanol–water partition coefficient (Wildman–Crippen LogP) is 5.39. The van der Waals surface area contributed by atoms with Crippen LogP contribution in [0.1, 0.15) is 16.7 Å². The van der Waals surface area contributed by atoms with Crippen molar-refractivity contribution in [3.8, 4) is 16.9 Å². The number of aryl methyl sites for hydroxylation is 2. The zero-order chi connectivity index (χ0) is 23.1. The second-order valence-electron chi connectivity index (χ2n) is 7.16. The van der Waals surface area contributed by atoms with Gasteiger partial charge < -0.3 is 14.2 Å². The molecular weight excluding hydrogens is 408 g/mol. The molecule has 0 unspecified atom stereocenters. The molecule has 0 aliphatic heterocycles. The number of rotatable bonds is 5. The molecule has 32 heavy (non-hydrogen) atoms. The van der Waals surface area contributed by atoms with Crippen LogP contribution in [0, 0.1) is 13.8 Å². The summed E-state index contributed by atoms with van der Waals surface area (Å²) in [5, 5.41) is 1.04. The van der Waals surface area contributed by atoms with Crippen molar-refractivity contribution >= 4 is 17.9 Å². The van der Waals surface area contributed by atoms with E-state index in [4.69, 9.17) is 9.47 Å². The largest absolute Gasteiger partial charge is 0.489 e. The Hall–Kier alpha value is -4.00. The summed E-state index contributed by atoms with van der Waals surface area (Å²) in [7, 11) is 2.47. The lowest BCUT2D eigenvalue weighted by Gasteiger charge is -2.25. The molecule has 3 aromatic carbocycles. The first kappa shape index (κ1) is 22.7. The molecule has 0 aliphatic carbocycles. The van der Waals surface area contributed by atoms with Gasteiger partial charge in [0.2, 0.25) is 0 Å². The van der Waals surface area contributed by atoms with Gasteiger partial charge in [-0.15, -0.1) is 0 Å². The second kappa shape index (κ2) is 10.3. The van der Waals surface area contributed by atoms with Crippen LogP contribution >= 0.6 is 0 Å². The number of para-hydroxylation sites is 1. The number of anilines is 1. The number of nitrogens with zero attached hydrogens (tertiary/aromatic N) is 1. The third-order valence-corrected chi connectivity index (χ3v) is 5.01. The molecule has 166 valence electrons. The Balaban J connectivity index is 1.93. The van der Waals surface area contributed by atoms with Crippen LogP contribution in [-0.2, 0) is 16.1 Å². The van der Waals surface area contributed by atoms with Gasteiger partial charge in [0.25, 0.3) is 0 Å². The fourth-order valence-electron chi connectivity index (χ4n) is 3.11. The third kappa shape index (κ3) is 5.37. The number of amides is 2. The molecule has 0 saturated carbocycles. The number of ether oxygens (including phenoxy) is 3. The van der Waals surface area contributed by atoms with Crippen molar-refractivity contribution in [1.82, 2.24) is 5.43 Å². The van der Waals surface area contributed by atoms with E-state index in [0.29, 0.717) is 12.3 Å². The first-order valence-electron chi connectivity index (χ1n) is 10.0. The molecule has 0 aliphatic rings. The molecule has 1 N–H and O–H groups in total. The second-order valence-corrected chi connectivity index (χ2v) is 7.16. The molecule has 2 amide bonds. The topological polar surface area (TPSA) is 77.1 Å². The molecule has 0 atom stereocenters. The van der Waals surface area contributed by atoms with Crippen molar-refractivity contribution in [2.45, 2.75) is 20.5 Å². The van der Waals surface area contributed by atoms with Gasteiger partial charge in [0, 0.05) is 5.56 Å². The zero-order valence-corrected chi connectivity index (χ0v) is 18.5. The number of hydrogen-bond donors (Lipinski definition) is 1. The maximum absolute atomic E-state index is 12.4. The molecule has 7 heteroatoms. The van der Waals surface area contributed by atoms with E-state index in [-0.39, 0.29) is 0 Å². The average Bonchev–Trinajstić information content (AvgIpc) is 2.83. The van der Waals surface area contributed by atoms with E-state index in [0.717, 1.165) is 38.6 Å².